The van der Waals surface area contributed by atoms with Crippen LogP contribution in [-0.4, -0.2) is 11.0 Å². The summed E-state index contributed by atoms with van der Waals surface area (Å²) in [6.45, 7) is 0. The summed E-state index contributed by atoms with van der Waals surface area (Å²) in [7, 11) is 0. The Bertz CT molecular complexity index is 697. The van der Waals surface area contributed by atoms with E-state index < -0.39 is 0 Å². The average molecular weight is 266 g/mol. The van der Waals surface area contributed by atoms with E-state index in [1.54, 1.807) is 11.3 Å². The zero-order valence-corrected chi connectivity index (χ0v) is 11.2. The number of nitrogens with two attached hydrogens (primary N) is 1. The molecule has 0 radical (unpaired) electrons. The van der Waals surface area contributed by atoms with Crippen LogP contribution in [0.25, 0.3) is 20.7 Å². The summed E-state index contributed by atoms with van der Waals surface area (Å²) in [6, 6.07) is 15.3. The lowest BCUT2D eigenvalue weighted by Crippen LogP contribution is -2.01. The Morgan fingerprint density at radius 1 is 1.16 bits per heavy atom. The van der Waals surface area contributed by atoms with Crippen LogP contribution in [0.2, 0.25) is 0 Å². The van der Waals surface area contributed by atoms with Crippen LogP contribution in [0.4, 0.5) is 0 Å². The molecule has 4 rings (SSSR count). The van der Waals surface area contributed by atoms with Gasteiger partial charge in [0, 0.05) is 22.9 Å². The van der Waals surface area contributed by atoms with Gasteiger partial charge >= 0.3 is 0 Å². The minimum absolute atomic E-state index is 0.344. The molecule has 1 saturated carbocycles. The SMILES string of the molecule is NC1CC1c1ccc(-c2cc3ccccc3s2)nc1. The van der Waals surface area contributed by atoms with Gasteiger partial charge in [0.25, 0.3) is 0 Å². The van der Waals surface area contributed by atoms with Crippen molar-refractivity contribution in [1.82, 2.24) is 4.98 Å². The molecule has 0 aliphatic heterocycles. The quantitative estimate of drug-likeness (QED) is 0.766. The highest BCUT2D eigenvalue weighted by atomic mass is 32.1. The van der Waals surface area contributed by atoms with E-state index >= 15 is 0 Å². The predicted octanol–water partition coefficient (Wildman–Crippen LogP) is 3.78. The fourth-order valence-electron chi connectivity index (χ4n) is 2.48. The standard InChI is InChI=1S/C16H14N2S/c17-13-8-12(13)11-5-6-14(18-9-11)16-7-10-3-1-2-4-15(10)19-16/h1-7,9,12-13H,8,17H2. The molecule has 0 bridgehead atoms. The van der Waals surface area contributed by atoms with E-state index in [4.69, 9.17) is 5.73 Å². The molecule has 19 heavy (non-hydrogen) atoms. The third-order valence-electron chi connectivity index (χ3n) is 3.73. The third kappa shape index (κ3) is 1.95. The van der Waals surface area contributed by atoms with Gasteiger partial charge in [-0.05, 0) is 35.6 Å². The van der Waals surface area contributed by atoms with E-state index in [2.05, 4.69) is 47.4 Å². The fourth-order valence-corrected chi connectivity index (χ4v) is 3.52. The largest absolute Gasteiger partial charge is 0.327 e. The molecule has 3 heteroatoms. The Kier molecular flexibility index (Phi) is 2.43. The molecule has 2 unspecified atom stereocenters. The number of fused-ring (bicyclic) bond motifs is 1. The van der Waals surface area contributed by atoms with Crippen LogP contribution in [-0.2, 0) is 0 Å². The molecule has 2 N–H and O–H groups in total. The van der Waals surface area contributed by atoms with Gasteiger partial charge in [-0.25, -0.2) is 0 Å². The maximum Gasteiger partial charge on any atom is 0.0802 e. The number of hydrogen-bond donors (Lipinski definition) is 1. The van der Waals surface area contributed by atoms with Crippen molar-refractivity contribution in [2.75, 3.05) is 0 Å². The number of rotatable bonds is 2. The molecule has 2 aromatic heterocycles. The molecule has 1 aliphatic carbocycles. The van der Waals surface area contributed by atoms with Gasteiger partial charge in [0.2, 0.25) is 0 Å². The summed E-state index contributed by atoms with van der Waals surface area (Å²) in [5.41, 5.74) is 8.20. The second-order valence-electron chi connectivity index (χ2n) is 5.13. The molecular formula is C16H14N2S. The lowest BCUT2D eigenvalue weighted by molar-refractivity contribution is 0.981. The molecule has 2 heterocycles. The zero-order chi connectivity index (χ0) is 12.8. The van der Waals surface area contributed by atoms with Gasteiger partial charge in [0.05, 0.1) is 10.6 Å². The van der Waals surface area contributed by atoms with E-state index in [0.29, 0.717) is 12.0 Å². The highest BCUT2D eigenvalue weighted by molar-refractivity contribution is 7.22. The molecule has 0 amide bonds. The smallest absolute Gasteiger partial charge is 0.0802 e. The van der Waals surface area contributed by atoms with Crippen molar-refractivity contribution >= 4 is 21.4 Å². The third-order valence-corrected chi connectivity index (χ3v) is 4.87. The fraction of sp³-hybridized carbons (Fsp3) is 0.188. The first-order valence-corrected chi connectivity index (χ1v) is 7.33. The molecule has 2 atom stereocenters. The van der Waals surface area contributed by atoms with Gasteiger partial charge in [0.15, 0.2) is 0 Å². The van der Waals surface area contributed by atoms with Gasteiger partial charge in [-0.15, -0.1) is 11.3 Å². The van der Waals surface area contributed by atoms with Crippen molar-refractivity contribution < 1.29 is 0 Å². The average Bonchev–Trinajstić information content (AvgIpc) is 3.02. The summed E-state index contributed by atoms with van der Waals surface area (Å²) in [5, 5.41) is 1.29. The molecule has 0 spiro atoms. The van der Waals surface area contributed by atoms with E-state index in [1.165, 1.54) is 20.5 Å². The molecule has 1 aromatic carbocycles. The number of nitrogens with zero attached hydrogens (tertiary/aromatic N) is 1. The minimum Gasteiger partial charge on any atom is -0.327 e. The van der Waals surface area contributed by atoms with Crippen molar-refractivity contribution in [2.24, 2.45) is 5.73 Å². The molecule has 3 aromatic rings. The van der Waals surface area contributed by atoms with Crippen LogP contribution in [0.1, 0.15) is 17.9 Å². The summed E-state index contributed by atoms with van der Waals surface area (Å²) >= 11 is 1.79. The van der Waals surface area contributed by atoms with Gasteiger partial charge in [-0.3, -0.25) is 4.98 Å². The Morgan fingerprint density at radius 3 is 2.68 bits per heavy atom. The molecule has 94 valence electrons. The molecule has 1 aliphatic rings. The first-order valence-electron chi connectivity index (χ1n) is 6.52. The van der Waals surface area contributed by atoms with Gasteiger partial charge in [-0.1, -0.05) is 24.3 Å². The Balaban J connectivity index is 1.71. The van der Waals surface area contributed by atoms with E-state index in [-0.39, 0.29) is 0 Å². The van der Waals surface area contributed by atoms with Crippen LogP contribution in [0, 0.1) is 0 Å². The molecule has 2 nitrogen and oxygen atoms in total. The van der Waals surface area contributed by atoms with E-state index in [1.807, 2.05) is 6.20 Å². The van der Waals surface area contributed by atoms with Crippen LogP contribution in [0.15, 0.2) is 48.7 Å². The topological polar surface area (TPSA) is 38.9 Å². The maximum atomic E-state index is 5.87. The number of benzene rings is 1. The van der Waals surface area contributed by atoms with Gasteiger partial charge in [-0.2, -0.15) is 0 Å². The molecular weight excluding hydrogens is 252 g/mol. The first kappa shape index (κ1) is 11.1. The van der Waals surface area contributed by atoms with Crippen molar-refractivity contribution in [3.8, 4) is 10.6 Å². The Labute approximate surface area is 115 Å². The number of thiophene rings is 1. The van der Waals surface area contributed by atoms with Crippen LogP contribution < -0.4 is 5.73 Å². The summed E-state index contributed by atoms with van der Waals surface area (Å²) < 4.78 is 1.31. The second kappa shape index (κ2) is 4.15. The van der Waals surface area contributed by atoms with Crippen LogP contribution in [0.5, 0.6) is 0 Å². The van der Waals surface area contributed by atoms with E-state index in [0.717, 1.165) is 12.1 Å². The van der Waals surface area contributed by atoms with Gasteiger partial charge < -0.3 is 5.73 Å². The summed E-state index contributed by atoms with van der Waals surface area (Å²) in [4.78, 5) is 5.82. The molecule has 1 fully saturated rings. The zero-order valence-electron chi connectivity index (χ0n) is 10.4. The van der Waals surface area contributed by atoms with Crippen molar-refractivity contribution in [3.05, 3.63) is 54.2 Å². The highest BCUT2D eigenvalue weighted by Gasteiger charge is 2.34. The van der Waals surface area contributed by atoms with Crippen LogP contribution >= 0.6 is 11.3 Å². The van der Waals surface area contributed by atoms with Crippen molar-refractivity contribution in [2.45, 2.75) is 18.4 Å². The normalized spacial score (nSPS) is 21.7. The van der Waals surface area contributed by atoms with E-state index in [9.17, 15) is 0 Å². The monoisotopic (exact) mass is 266 g/mol. The predicted molar refractivity (Wildman–Crippen MR) is 80.4 cm³/mol. The lowest BCUT2D eigenvalue weighted by atomic mass is 10.1. The van der Waals surface area contributed by atoms with Crippen LogP contribution in [0.3, 0.4) is 0 Å². The summed E-state index contributed by atoms with van der Waals surface area (Å²) in [6.07, 6.45) is 3.08. The van der Waals surface area contributed by atoms with Crippen molar-refractivity contribution in [1.29, 1.82) is 0 Å². The summed E-state index contributed by atoms with van der Waals surface area (Å²) in [5.74, 6) is 0.531. The maximum absolute atomic E-state index is 5.87. The highest BCUT2D eigenvalue weighted by Crippen LogP contribution is 2.39. The Morgan fingerprint density at radius 2 is 2.00 bits per heavy atom. The Hall–Kier alpha value is -1.71. The first-order chi connectivity index (χ1) is 9.31. The lowest BCUT2D eigenvalue weighted by Gasteiger charge is -2.00. The van der Waals surface area contributed by atoms with Gasteiger partial charge in [0.1, 0.15) is 0 Å². The number of aromatic nitrogens is 1. The minimum atomic E-state index is 0.344. The second-order valence-corrected chi connectivity index (χ2v) is 6.22. The molecule has 0 saturated heterocycles. The number of pyridine rings is 1. The number of hydrogen-bond acceptors (Lipinski definition) is 3. The van der Waals surface area contributed by atoms with Crippen molar-refractivity contribution in [3.63, 3.8) is 0 Å².